The highest BCUT2D eigenvalue weighted by molar-refractivity contribution is 5.80. The average Bonchev–Trinajstić information content (AvgIpc) is 2.79. The van der Waals surface area contributed by atoms with Crippen LogP contribution in [0.15, 0.2) is 54.7 Å². The van der Waals surface area contributed by atoms with Gasteiger partial charge >= 0.3 is 0 Å². The van der Waals surface area contributed by atoms with Crippen molar-refractivity contribution in [2.75, 3.05) is 13.1 Å². The Hall–Kier alpha value is -3.03. The minimum Gasteiger partial charge on any atom is -0.317 e. The van der Waals surface area contributed by atoms with Crippen molar-refractivity contribution < 1.29 is 0 Å². The topological polar surface area (TPSA) is 61.6 Å². The molecule has 0 aliphatic carbocycles. The molecule has 0 bridgehead atoms. The third kappa shape index (κ3) is 4.70. The first kappa shape index (κ1) is 19.3. The summed E-state index contributed by atoms with van der Waals surface area (Å²) in [4.78, 5) is 9.67. The largest absolute Gasteiger partial charge is 0.317 e. The van der Waals surface area contributed by atoms with Gasteiger partial charge < -0.3 is 5.32 Å². The summed E-state index contributed by atoms with van der Waals surface area (Å²) in [6, 6.07) is 18.3. The highest BCUT2D eigenvalue weighted by Crippen LogP contribution is 2.31. The van der Waals surface area contributed by atoms with Crippen molar-refractivity contribution in [3.8, 4) is 28.5 Å². The van der Waals surface area contributed by atoms with E-state index in [0.717, 1.165) is 60.1 Å². The van der Waals surface area contributed by atoms with E-state index >= 15 is 0 Å². The lowest BCUT2D eigenvalue weighted by atomic mass is 9.93. The zero-order valence-electron chi connectivity index (χ0n) is 16.9. The highest BCUT2D eigenvalue weighted by Gasteiger charge is 2.16. The summed E-state index contributed by atoms with van der Waals surface area (Å²) in [5.41, 5.74) is 5.98. The van der Waals surface area contributed by atoms with Crippen molar-refractivity contribution in [1.29, 1.82) is 5.26 Å². The summed E-state index contributed by atoms with van der Waals surface area (Å²) in [7, 11) is 0. The van der Waals surface area contributed by atoms with Crippen LogP contribution >= 0.6 is 0 Å². The van der Waals surface area contributed by atoms with Crippen molar-refractivity contribution in [2.24, 2.45) is 5.92 Å². The van der Waals surface area contributed by atoms with E-state index in [1.807, 2.05) is 30.5 Å². The van der Waals surface area contributed by atoms with Gasteiger partial charge in [0, 0.05) is 23.7 Å². The lowest BCUT2D eigenvalue weighted by Crippen LogP contribution is -2.28. The van der Waals surface area contributed by atoms with Gasteiger partial charge in [-0.2, -0.15) is 5.26 Å². The van der Waals surface area contributed by atoms with E-state index in [1.54, 1.807) is 0 Å². The molecule has 0 unspecified atom stereocenters. The Bertz CT molecular complexity index is 994. The molecule has 4 rings (SSSR count). The van der Waals surface area contributed by atoms with Gasteiger partial charge in [0.25, 0.3) is 0 Å². The highest BCUT2D eigenvalue weighted by atomic mass is 14.9. The Labute approximate surface area is 172 Å². The van der Waals surface area contributed by atoms with Crippen molar-refractivity contribution in [1.82, 2.24) is 15.3 Å². The third-order valence-corrected chi connectivity index (χ3v) is 5.72. The molecule has 4 nitrogen and oxygen atoms in total. The number of aromatic nitrogens is 2. The van der Waals surface area contributed by atoms with E-state index < -0.39 is 0 Å². The van der Waals surface area contributed by atoms with E-state index in [2.05, 4.69) is 42.6 Å². The number of piperidine rings is 1. The molecule has 1 saturated heterocycles. The summed E-state index contributed by atoms with van der Waals surface area (Å²) < 4.78 is 0. The number of benzene rings is 2. The standard InChI is InChI=1S/C25H26N4/c1-18-2-7-21(8-3-18)23-17-28-24(11-6-19-12-14-27-15-13-19)29-25(23)22-9-4-20(16-26)5-10-22/h2-5,7-10,17,19,27H,6,11-15H2,1H3. The maximum Gasteiger partial charge on any atom is 0.129 e. The van der Waals surface area contributed by atoms with Crippen molar-refractivity contribution >= 4 is 0 Å². The van der Waals surface area contributed by atoms with Crippen molar-refractivity contribution in [2.45, 2.75) is 32.6 Å². The van der Waals surface area contributed by atoms with E-state index in [4.69, 9.17) is 15.2 Å². The summed E-state index contributed by atoms with van der Waals surface area (Å²) in [6.07, 6.45) is 6.48. The summed E-state index contributed by atoms with van der Waals surface area (Å²) >= 11 is 0. The second-order valence-electron chi connectivity index (χ2n) is 7.84. The number of nitriles is 1. The lowest BCUT2D eigenvalue weighted by molar-refractivity contribution is 0.352. The Morgan fingerprint density at radius 2 is 1.69 bits per heavy atom. The molecule has 4 heteroatoms. The summed E-state index contributed by atoms with van der Waals surface area (Å²) in [5.74, 6) is 1.66. The number of nitrogens with zero attached hydrogens (tertiary/aromatic N) is 3. The third-order valence-electron chi connectivity index (χ3n) is 5.72. The molecule has 1 fully saturated rings. The zero-order chi connectivity index (χ0) is 20.1. The normalized spacial score (nSPS) is 14.5. The molecule has 1 aromatic heterocycles. The first-order valence-electron chi connectivity index (χ1n) is 10.4. The molecular formula is C25H26N4. The Kier molecular flexibility index (Phi) is 5.97. The van der Waals surface area contributed by atoms with E-state index in [9.17, 15) is 0 Å². The minimum atomic E-state index is 0.658. The van der Waals surface area contributed by atoms with E-state index in [1.165, 1.54) is 18.4 Å². The summed E-state index contributed by atoms with van der Waals surface area (Å²) in [6.45, 7) is 4.33. The first-order valence-corrected chi connectivity index (χ1v) is 10.4. The number of rotatable bonds is 5. The van der Waals surface area contributed by atoms with Crippen molar-refractivity contribution in [3.05, 3.63) is 71.7 Å². The lowest BCUT2D eigenvalue weighted by Gasteiger charge is -2.22. The van der Waals surface area contributed by atoms with Gasteiger partial charge in [-0.05, 0) is 62.9 Å². The number of aryl methyl sites for hydroxylation is 2. The maximum atomic E-state index is 9.12. The van der Waals surface area contributed by atoms with Crippen LogP contribution in [-0.4, -0.2) is 23.1 Å². The molecule has 29 heavy (non-hydrogen) atoms. The minimum absolute atomic E-state index is 0.658. The number of hydrogen-bond acceptors (Lipinski definition) is 4. The molecule has 2 aromatic carbocycles. The number of hydrogen-bond donors (Lipinski definition) is 1. The first-order chi connectivity index (χ1) is 14.2. The molecule has 1 aliphatic rings. The average molecular weight is 383 g/mol. The second-order valence-corrected chi connectivity index (χ2v) is 7.84. The van der Waals surface area contributed by atoms with Gasteiger partial charge in [0.2, 0.25) is 0 Å². The van der Waals surface area contributed by atoms with Gasteiger partial charge in [-0.3, -0.25) is 0 Å². The SMILES string of the molecule is Cc1ccc(-c2cnc(CCC3CCNCC3)nc2-c2ccc(C#N)cc2)cc1. The van der Waals surface area contributed by atoms with E-state index in [0.29, 0.717) is 5.56 Å². The van der Waals surface area contributed by atoms with Crippen LogP contribution in [0.1, 0.15) is 36.2 Å². The molecule has 0 radical (unpaired) electrons. The Balaban J connectivity index is 1.66. The molecule has 0 spiro atoms. The van der Waals surface area contributed by atoms with Crippen LogP contribution in [0, 0.1) is 24.2 Å². The zero-order valence-corrected chi connectivity index (χ0v) is 16.9. The fraction of sp³-hybridized carbons (Fsp3) is 0.320. The molecule has 0 saturated carbocycles. The maximum absolute atomic E-state index is 9.12. The molecular weight excluding hydrogens is 356 g/mol. The molecule has 146 valence electrons. The molecule has 2 heterocycles. The summed E-state index contributed by atoms with van der Waals surface area (Å²) in [5, 5.41) is 12.5. The molecule has 0 amide bonds. The van der Waals surface area contributed by atoms with Crippen LogP contribution in [0.25, 0.3) is 22.4 Å². The number of nitrogens with one attached hydrogen (secondary N) is 1. The van der Waals surface area contributed by atoms with Crippen LogP contribution in [0.2, 0.25) is 0 Å². The van der Waals surface area contributed by atoms with Gasteiger partial charge in [-0.1, -0.05) is 42.0 Å². The fourth-order valence-electron chi connectivity index (χ4n) is 3.91. The van der Waals surface area contributed by atoms with Gasteiger partial charge in [-0.25, -0.2) is 9.97 Å². The van der Waals surface area contributed by atoms with Gasteiger partial charge in [-0.15, -0.1) is 0 Å². The predicted molar refractivity (Wildman–Crippen MR) is 116 cm³/mol. The second kappa shape index (κ2) is 8.98. The molecule has 0 atom stereocenters. The van der Waals surface area contributed by atoms with E-state index in [-0.39, 0.29) is 0 Å². The Morgan fingerprint density at radius 1 is 1.00 bits per heavy atom. The molecule has 1 N–H and O–H groups in total. The quantitative estimate of drug-likeness (QED) is 0.680. The fourth-order valence-corrected chi connectivity index (χ4v) is 3.91. The van der Waals surface area contributed by atoms with Gasteiger partial charge in [0.1, 0.15) is 5.82 Å². The van der Waals surface area contributed by atoms with Gasteiger partial charge in [0.15, 0.2) is 0 Å². The predicted octanol–water partition coefficient (Wildman–Crippen LogP) is 4.92. The smallest absolute Gasteiger partial charge is 0.129 e. The van der Waals surface area contributed by atoms with Crippen LogP contribution in [0.3, 0.4) is 0 Å². The monoisotopic (exact) mass is 382 g/mol. The van der Waals surface area contributed by atoms with Crippen molar-refractivity contribution in [3.63, 3.8) is 0 Å². The van der Waals surface area contributed by atoms with Crippen LogP contribution in [0.4, 0.5) is 0 Å². The molecule has 3 aromatic rings. The van der Waals surface area contributed by atoms with Crippen LogP contribution < -0.4 is 5.32 Å². The Morgan fingerprint density at radius 3 is 2.38 bits per heavy atom. The molecule has 1 aliphatic heterocycles. The van der Waals surface area contributed by atoms with Crippen LogP contribution in [0.5, 0.6) is 0 Å². The van der Waals surface area contributed by atoms with Gasteiger partial charge in [0.05, 0.1) is 17.3 Å². The van der Waals surface area contributed by atoms with Crippen LogP contribution in [-0.2, 0) is 6.42 Å².